The fourth-order valence-corrected chi connectivity index (χ4v) is 2.75. The molecule has 1 amide bonds. The van der Waals surface area contributed by atoms with Gasteiger partial charge in [0.25, 0.3) is 5.91 Å². The van der Waals surface area contributed by atoms with E-state index in [4.69, 9.17) is 11.6 Å². The molecule has 0 bridgehead atoms. The maximum absolute atomic E-state index is 12.3. The summed E-state index contributed by atoms with van der Waals surface area (Å²) in [6.07, 6.45) is 4.97. The van der Waals surface area contributed by atoms with Crippen LogP contribution < -0.4 is 10.6 Å². The van der Waals surface area contributed by atoms with Crippen molar-refractivity contribution in [1.82, 2.24) is 19.7 Å². The molecule has 2 aromatic heterocycles. The minimum Gasteiger partial charge on any atom is -0.340 e. The molecular weight excluding hydrogens is 376 g/mol. The first kappa shape index (κ1) is 17.7. The average molecular weight is 391 g/mol. The van der Waals surface area contributed by atoms with E-state index in [1.54, 1.807) is 53.3 Å². The Labute approximate surface area is 166 Å². The summed E-state index contributed by atoms with van der Waals surface area (Å²) >= 11 is 5.93. The van der Waals surface area contributed by atoms with Gasteiger partial charge in [-0.15, -0.1) is 0 Å². The molecule has 138 valence electrons. The molecule has 7 nitrogen and oxygen atoms in total. The molecule has 4 rings (SSSR count). The number of hydrogen-bond donors (Lipinski definition) is 2. The lowest BCUT2D eigenvalue weighted by molar-refractivity contribution is 0.102. The van der Waals surface area contributed by atoms with Crippen molar-refractivity contribution in [2.24, 2.45) is 0 Å². The summed E-state index contributed by atoms with van der Waals surface area (Å²) in [7, 11) is 0. The summed E-state index contributed by atoms with van der Waals surface area (Å²) in [5, 5.41) is 10.7. The number of anilines is 3. The average Bonchev–Trinajstić information content (AvgIpc) is 3.25. The fourth-order valence-electron chi connectivity index (χ4n) is 2.56. The molecule has 28 heavy (non-hydrogen) atoms. The van der Waals surface area contributed by atoms with E-state index in [2.05, 4.69) is 25.7 Å². The molecule has 0 spiro atoms. The van der Waals surface area contributed by atoms with Crippen LogP contribution in [0.3, 0.4) is 0 Å². The predicted octanol–water partition coefficient (Wildman–Crippen LogP) is 4.31. The van der Waals surface area contributed by atoms with Crippen LogP contribution >= 0.6 is 11.6 Å². The molecule has 2 heterocycles. The van der Waals surface area contributed by atoms with Gasteiger partial charge >= 0.3 is 0 Å². The molecule has 0 atom stereocenters. The summed E-state index contributed by atoms with van der Waals surface area (Å²) < 4.78 is 1.65. The number of halogens is 1. The van der Waals surface area contributed by atoms with E-state index in [-0.39, 0.29) is 5.91 Å². The van der Waals surface area contributed by atoms with E-state index in [1.807, 2.05) is 24.4 Å². The first-order valence-corrected chi connectivity index (χ1v) is 8.81. The smallest absolute Gasteiger partial charge is 0.255 e. The van der Waals surface area contributed by atoms with Crippen LogP contribution in [0, 0.1) is 0 Å². The van der Waals surface area contributed by atoms with Crippen LogP contribution in [0.5, 0.6) is 0 Å². The molecular formula is C20H15ClN6O. The molecule has 0 unspecified atom stereocenters. The van der Waals surface area contributed by atoms with Crippen molar-refractivity contribution in [2.45, 2.75) is 0 Å². The highest BCUT2D eigenvalue weighted by molar-refractivity contribution is 6.31. The Bertz CT molecular complexity index is 1100. The fraction of sp³-hybridized carbons (Fsp3) is 0. The van der Waals surface area contributed by atoms with Gasteiger partial charge in [-0.3, -0.25) is 4.79 Å². The minimum absolute atomic E-state index is 0.220. The molecule has 2 N–H and O–H groups in total. The van der Waals surface area contributed by atoms with Crippen LogP contribution in [-0.2, 0) is 0 Å². The zero-order valence-electron chi connectivity index (χ0n) is 14.6. The van der Waals surface area contributed by atoms with E-state index in [1.165, 1.54) is 6.33 Å². The van der Waals surface area contributed by atoms with Crippen molar-refractivity contribution < 1.29 is 4.79 Å². The second kappa shape index (κ2) is 7.89. The number of aromatic nitrogens is 4. The Kier molecular flexibility index (Phi) is 4.99. The van der Waals surface area contributed by atoms with E-state index in [9.17, 15) is 4.79 Å². The quantitative estimate of drug-likeness (QED) is 0.530. The van der Waals surface area contributed by atoms with Gasteiger partial charge in [0.2, 0.25) is 0 Å². The van der Waals surface area contributed by atoms with Crippen molar-refractivity contribution in [2.75, 3.05) is 10.6 Å². The lowest BCUT2D eigenvalue weighted by atomic mass is 10.2. The highest BCUT2D eigenvalue weighted by Gasteiger charge is 2.07. The van der Waals surface area contributed by atoms with Gasteiger partial charge in [-0.25, -0.2) is 14.6 Å². The Morgan fingerprint density at radius 1 is 0.964 bits per heavy atom. The number of carbonyl (C=O) groups excluding carboxylic acids is 1. The van der Waals surface area contributed by atoms with Crippen molar-refractivity contribution in [1.29, 1.82) is 0 Å². The Morgan fingerprint density at radius 2 is 1.79 bits per heavy atom. The highest BCUT2D eigenvalue weighted by atomic mass is 35.5. The summed E-state index contributed by atoms with van der Waals surface area (Å²) in [5.74, 6) is 1.08. The van der Waals surface area contributed by atoms with Crippen molar-refractivity contribution in [3.05, 3.63) is 90.0 Å². The SMILES string of the molecule is O=C(Nc1ccc(Nc2cc(-n3cccn3)ncn2)cc1)c1cccc(Cl)c1. The second-order valence-corrected chi connectivity index (χ2v) is 6.32. The molecule has 2 aromatic carbocycles. The zero-order valence-corrected chi connectivity index (χ0v) is 15.3. The van der Waals surface area contributed by atoms with Gasteiger partial charge in [-0.1, -0.05) is 17.7 Å². The van der Waals surface area contributed by atoms with Gasteiger partial charge in [0.05, 0.1) is 0 Å². The maximum Gasteiger partial charge on any atom is 0.255 e. The topological polar surface area (TPSA) is 84.7 Å². The van der Waals surface area contributed by atoms with Crippen LogP contribution in [0.15, 0.2) is 79.4 Å². The predicted molar refractivity (Wildman–Crippen MR) is 108 cm³/mol. The molecule has 0 aliphatic heterocycles. The van der Waals surface area contributed by atoms with Crippen LogP contribution in [0.1, 0.15) is 10.4 Å². The van der Waals surface area contributed by atoms with Gasteiger partial charge in [-0.2, -0.15) is 5.10 Å². The zero-order chi connectivity index (χ0) is 19.3. The van der Waals surface area contributed by atoms with Crippen molar-refractivity contribution in [3.8, 4) is 5.82 Å². The lowest BCUT2D eigenvalue weighted by Crippen LogP contribution is -2.11. The Balaban J connectivity index is 1.44. The number of amides is 1. The lowest BCUT2D eigenvalue weighted by Gasteiger charge is -2.09. The molecule has 0 radical (unpaired) electrons. The second-order valence-electron chi connectivity index (χ2n) is 5.88. The number of carbonyl (C=O) groups is 1. The molecule has 0 aliphatic rings. The van der Waals surface area contributed by atoms with Crippen LogP contribution in [0.4, 0.5) is 17.2 Å². The molecule has 4 aromatic rings. The normalized spacial score (nSPS) is 10.5. The third-order valence-electron chi connectivity index (χ3n) is 3.89. The standard InChI is InChI=1S/C20H15ClN6O/c21-15-4-1-3-14(11-15)20(28)26-17-7-5-16(6-8-17)25-18-12-19(23-13-22-18)27-10-2-9-24-27/h1-13H,(H,26,28)(H,22,23,25). The van der Waals surface area contributed by atoms with E-state index >= 15 is 0 Å². The van der Waals surface area contributed by atoms with E-state index in [0.717, 1.165) is 5.69 Å². The first-order valence-electron chi connectivity index (χ1n) is 8.43. The van der Waals surface area contributed by atoms with Gasteiger partial charge in [0, 0.05) is 40.4 Å². The Hall–Kier alpha value is -3.71. The van der Waals surface area contributed by atoms with Gasteiger partial charge in [-0.05, 0) is 48.5 Å². The number of nitrogens with zero attached hydrogens (tertiary/aromatic N) is 4. The monoisotopic (exact) mass is 390 g/mol. The van der Waals surface area contributed by atoms with Crippen molar-refractivity contribution >= 4 is 34.7 Å². The van der Waals surface area contributed by atoms with E-state index < -0.39 is 0 Å². The number of hydrogen-bond acceptors (Lipinski definition) is 5. The highest BCUT2D eigenvalue weighted by Crippen LogP contribution is 2.19. The van der Waals surface area contributed by atoms with Crippen LogP contribution in [-0.4, -0.2) is 25.7 Å². The number of benzene rings is 2. The van der Waals surface area contributed by atoms with Gasteiger partial charge < -0.3 is 10.6 Å². The van der Waals surface area contributed by atoms with E-state index in [0.29, 0.717) is 27.9 Å². The molecule has 0 aliphatic carbocycles. The summed E-state index contributed by atoms with van der Waals surface area (Å²) in [4.78, 5) is 20.7. The molecule has 8 heteroatoms. The molecule has 0 saturated heterocycles. The van der Waals surface area contributed by atoms with Crippen LogP contribution in [0.2, 0.25) is 5.02 Å². The summed E-state index contributed by atoms with van der Waals surface area (Å²) in [6.45, 7) is 0. The minimum atomic E-state index is -0.220. The van der Waals surface area contributed by atoms with Gasteiger partial charge in [0.1, 0.15) is 12.1 Å². The Morgan fingerprint density at radius 3 is 2.54 bits per heavy atom. The van der Waals surface area contributed by atoms with Crippen molar-refractivity contribution in [3.63, 3.8) is 0 Å². The first-order chi connectivity index (χ1) is 13.7. The van der Waals surface area contributed by atoms with Gasteiger partial charge in [0.15, 0.2) is 5.82 Å². The number of nitrogens with one attached hydrogen (secondary N) is 2. The third kappa shape index (κ3) is 4.16. The largest absolute Gasteiger partial charge is 0.340 e. The maximum atomic E-state index is 12.3. The summed E-state index contributed by atoms with van der Waals surface area (Å²) in [5.41, 5.74) is 2.00. The molecule has 0 saturated carbocycles. The third-order valence-corrected chi connectivity index (χ3v) is 4.13. The number of rotatable bonds is 5. The molecule has 0 fully saturated rings. The van der Waals surface area contributed by atoms with Crippen LogP contribution in [0.25, 0.3) is 5.82 Å². The summed E-state index contributed by atoms with van der Waals surface area (Å²) in [6, 6.07) is 17.7.